The lowest BCUT2D eigenvalue weighted by Gasteiger charge is -2.35. The normalized spacial score (nSPS) is 21.3. The van der Waals surface area contributed by atoms with E-state index in [1.54, 1.807) is 0 Å². The van der Waals surface area contributed by atoms with Gasteiger partial charge in [0, 0.05) is 30.6 Å². The highest BCUT2D eigenvalue weighted by Gasteiger charge is 2.28. The number of nitrogens with one attached hydrogen (secondary N) is 1. The molecule has 1 fully saturated rings. The van der Waals surface area contributed by atoms with E-state index in [1.165, 1.54) is 11.3 Å². The third-order valence-corrected chi connectivity index (χ3v) is 4.59. The van der Waals surface area contributed by atoms with E-state index in [9.17, 15) is 4.79 Å². The van der Waals surface area contributed by atoms with Crippen LogP contribution < -0.4 is 5.32 Å². The van der Waals surface area contributed by atoms with Crippen molar-refractivity contribution in [3.8, 4) is 0 Å². The Bertz CT molecular complexity index is 411. The summed E-state index contributed by atoms with van der Waals surface area (Å²) in [5, 5.41) is 3.29. The summed E-state index contributed by atoms with van der Waals surface area (Å²) < 4.78 is 0.744. The zero-order valence-corrected chi connectivity index (χ0v) is 12.9. The van der Waals surface area contributed by atoms with E-state index in [1.807, 2.05) is 24.0 Å². The molecule has 3 nitrogen and oxygen atoms in total. The second-order valence-electron chi connectivity index (χ2n) is 4.45. The number of rotatable bonds is 2. The zero-order chi connectivity index (χ0) is 12.4. The van der Waals surface area contributed by atoms with Crippen LogP contribution in [0.15, 0.2) is 12.1 Å². The molecule has 1 aliphatic heterocycles. The molecule has 1 unspecified atom stereocenters. The van der Waals surface area contributed by atoms with E-state index >= 15 is 0 Å². The first-order valence-electron chi connectivity index (χ1n) is 5.86. The monoisotopic (exact) mass is 308 g/mol. The Labute approximate surface area is 123 Å². The van der Waals surface area contributed by atoms with Gasteiger partial charge in [-0.15, -0.1) is 23.7 Å². The van der Waals surface area contributed by atoms with Crippen LogP contribution in [0.1, 0.15) is 24.6 Å². The van der Waals surface area contributed by atoms with Crippen LogP contribution in [0.2, 0.25) is 4.34 Å². The predicted octanol–water partition coefficient (Wildman–Crippen LogP) is 2.75. The average Bonchev–Trinajstić information content (AvgIpc) is 2.75. The number of amides is 1. The van der Waals surface area contributed by atoms with Crippen LogP contribution in [0.25, 0.3) is 0 Å². The molecule has 1 aliphatic rings. The SMILES string of the molecule is CC(C(=O)N1CCNC[C@H]1C)c1ccc(Cl)s1.Cl. The third-order valence-electron chi connectivity index (χ3n) is 3.18. The Morgan fingerprint density at radius 1 is 1.61 bits per heavy atom. The summed E-state index contributed by atoms with van der Waals surface area (Å²) in [7, 11) is 0. The molecule has 1 N–H and O–H groups in total. The maximum Gasteiger partial charge on any atom is 0.230 e. The van der Waals surface area contributed by atoms with E-state index in [4.69, 9.17) is 11.6 Å². The lowest BCUT2D eigenvalue weighted by atomic mass is 10.1. The molecular weight excluding hydrogens is 291 g/mol. The first-order valence-corrected chi connectivity index (χ1v) is 7.05. The molecule has 6 heteroatoms. The molecule has 18 heavy (non-hydrogen) atoms. The van der Waals surface area contributed by atoms with Crippen molar-refractivity contribution in [1.82, 2.24) is 10.2 Å². The highest BCUT2D eigenvalue weighted by molar-refractivity contribution is 7.16. The lowest BCUT2D eigenvalue weighted by molar-refractivity contribution is -0.135. The fourth-order valence-corrected chi connectivity index (χ4v) is 3.21. The van der Waals surface area contributed by atoms with Gasteiger partial charge in [0.2, 0.25) is 5.91 Å². The van der Waals surface area contributed by atoms with Gasteiger partial charge in [-0.05, 0) is 26.0 Å². The van der Waals surface area contributed by atoms with Crippen molar-refractivity contribution < 1.29 is 4.79 Å². The van der Waals surface area contributed by atoms with Crippen LogP contribution in [0.3, 0.4) is 0 Å². The largest absolute Gasteiger partial charge is 0.337 e. The van der Waals surface area contributed by atoms with Gasteiger partial charge in [-0.25, -0.2) is 0 Å². The summed E-state index contributed by atoms with van der Waals surface area (Å²) in [5.41, 5.74) is 0. The Morgan fingerprint density at radius 3 is 2.89 bits per heavy atom. The maximum absolute atomic E-state index is 12.4. The van der Waals surface area contributed by atoms with Crippen LogP contribution >= 0.6 is 35.3 Å². The number of halogens is 2. The fraction of sp³-hybridized carbons (Fsp3) is 0.583. The third kappa shape index (κ3) is 3.38. The molecule has 0 bridgehead atoms. The van der Waals surface area contributed by atoms with E-state index in [0.29, 0.717) is 0 Å². The second-order valence-corrected chi connectivity index (χ2v) is 6.20. The number of carbonyl (C=O) groups excluding carboxylic acids is 1. The quantitative estimate of drug-likeness (QED) is 0.911. The van der Waals surface area contributed by atoms with Crippen molar-refractivity contribution in [2.75, 3.05) is 19.6 Å². The summed E-state index contributed by atoms with van der Waals surface area (Å²) >= 11 is 7.40. The zero-order valence-electron chi connectivity index (χ0n) is 10.5. The lowest BCUT2D eigenvalue weighted by Crippen LogP contribution is -2.53. The number of hydrogen-bond donors (Lipinski definition) is 1. The van der Waals surface area contributed by atoms with Gasteiger partial charge in [0.05, 0.1) is 10.3 Å². The van der Waals surface area contributed by atoms with Crippen LogP contribution in [-0.4, -0.2) is 36.5 Å². The second kappa shape index (κ2) is 6.75. The molecule has 0 radical (unpaired) electrons. The summed E-state index contributed by atoms with van der Waals surface area (Å²) in [6, 6.07) is 4.07. The molecule has 0 spiro atoms. The molecule has 2 atom stereocenters. The molecule has 1 amide bonds. The molecule has 102 valence electrons. The molecule has 0 saturated carbocycles. The molecule has 1 aromatic heterocycles. The van der Waals surface area contributed by atoms with Gasteiger partial charge in [0.25, 0.3) is 0 Å². The molecule has 0 aromatic carbocycles. The predicted molar refractivity (Wildman–Crippen MR) is 79.0 cm³/mol. The van der Waals surface area contributed by atoms with Gasteiger partial charge in [-0.3, -0.25) is 4.79 Å². The summed E-state index contributed by atoms with van der Waals surface area (Å²) in [6.07, 6.45) is 0. The average molecular weight is 309 g/mol. The number of hydrogen-bond acceptors (Lipinski definition) is 3. The van der Waals surface area contributed by atoms with Gasteiger partial charge in [0.15, 0.2) is 0 Å². The molecule has 0 aliphatic carbocycles. The number of carbonyl (C=O) groups is 1. The van der Waals surface area contributed by atoms with E-state index in [-0.39, 0.29) is 30.3 Å². The van der Waals surface area contributed by atoms with Crippen LogP contribution in [0.5, 0.6) is 0 Å². The molecule has 2 rings (SSSR count). The van der Waals surface area contributed by atoms with Crippen molar-refractivity contribution >= 4 is 41.3 Å². The summed E-state index contributed by atoms with van der Waals surface area (Å²) in [5.74, 6) is 0.116. The smallest absolute Gasteiger partial charge is 0.230 e. The van der Waals surface area contributed by atoms with Crippen LogP contribution in [0.4, 0.5) is 0 Å². The molecule has 1 aromatic rings. The number of nitrogens with zero attached hydrogens (tertiary/aromatic N) is 1. The topological polar surface area (TPSA) is 32.3 Å². The van der Waals surface area contributed by atoms with Crippen molar-refractivity contribution in [3.05, 3.63) is 21.3 Å². The number of piperazine rings is 1. The standard InChI is InChI=1S/C12H17ClN2OS.ClH/c1-8-7-14-5-6-15(8)12(16)9(2)10-3-4-11(13)17-10;/h3-4,8-9,14H,5-7H2,1-2H3;1H/t8-,9?;/m1./s1. The minimum absolute atomic E-state index is 0. The Kier molecular flexibility index (Phi) is 5.92. The minimum atomic E-state index is -0.0898. The number of thiophene rings is 1. The molecule has 1 saturated heterocycles. The first-order chi connectivity index (χ1) is 8.09. The van der Waals surface area contributed by atoms with Gasteiger partial charge in [0.1, 0.15) is 0 Å². The van der Waals surface area contributed by atoms with Gasteiger partial charge < -0.3 is 10.2 Å². The van der Waals surface area contributed by atoms with Crippen molar-refractivity contribution in [3.63, 3.8) is 0 Å². The van der Waals surface area contributed by atoms with Crippen LogP contribution in [-0.2, 0) is 4.79 Å². The molecular formula is C12H18Cl2N2OS. The van der Waals surface area contributed by atoms with Crippen molar-refractivity contribution in [2.24, 2.45) is 0 Å². The first kappa shape index (κ1) is 15.8. The van der Waals surface area contributed by atoms with Crippen molar-refractivity contribution in [1.29, 1.82) is 0 Å². The Morgan fingerprint density at radius 2 is 2.33 bits per heavy atom. The summed E-state index contributed by atoms with van der Waals surface area (Å²) in [4.78, 5) is 15.4. The Balaban J connectivity index is 0.00000162. The van der Waals surface area contributed by atoms with Crippen LogP contribution in [0, 0.1) is 0 Å². The highest BCUT2D eigenvalue weighted by atomic mass is 35.5. The van der Waals surface area contributed by atoms with Gasteiger partial charge in [-0.2, -0.15) is 0 Å². The van der Waals surface area contributed by atoms with Crippen molar-refractivity contribution in [2.45, 2.75) is 25.8 Å². The van der Waals surface area contributed by atoms with Gasteiger partial charge in [-0.1, -0.05) is 11.6 Å². The van der Waals surface area contributed by atoms with Gasteiger partial charge >= 0.3 is 0 Å². The van der Waals surface area contributed by atoms with E-state index in [2.05, 4.69) is 12.2 Å². The van der Waals surface area contributed by atoms with E-state index < -0.39 is 0 Å². The fourth-order valence-electron chi connectivity index (χ4n) is 2.10. The summed E-state index contributed by atoms with van der Waals surface area (Å²) in [6.45, 7) is 6.60. The highest BCUT2D eigenvalue weighted by Crippen LogP contribution is 2.29. The maximum atomic E-state index is 12.4. The van der Waals surface area contributed by atoms with E-state index in [0.717, 1.165) is 28.8 Å². The molecule has 2 heterocycles. The minimum Gasteiger partial charge on any atom is -0.337 e. The Hall–Kier alpha value is -0.290.